The molecule has 0 radical (unpaired) electrons. The van der Waals surface area contributed by atoms with Crippen molar-refractivity contribution in [3.8, 4) is 0 Å². The molecular weight excluding hydrogens is 168 g/mol. The van der Waals surface area contributed by atoms with Crippen LogP contribution < -0.4 is 0 Å². The molecule has 1 rings (SSSR count). The van der Waals surface area contributed by atoms with Crippen molar-refractivity contribution in [2.75, 3.05) is 6.61 Å². The number of aliphatic hydroxyl groups is 3. The molecule has 3 nitrogen and oxygen atoms in total. The summed E-state index contributed by atoms with van der Waals surface area (Å²) in [6, 6.07) is 0. The van der Waals surface area contributed by atoms with Crippen LogP contribution in [0.15, 0.2) is 0 Å². The summed E-state index contributed by atoms with van der Waals surface area (Å²) < 4.78 is 0. The van der Waals surface area contributed by atoms with E-state index < -0.39 is 11.2 Å². The molecule has 13 heavy (non-hydrogen) atoms. The molecule has 0 bridgehead atoms. The van der Waals surface area contributed by atoms with Crippen molar-refractivity contribution in [3.63, 3.8) is 0 Å². The summed E-state index contributed by atoms with van der Waals surface area (Å²) in [6.07, 6.45) is 5.02. The van der Waals surface area contributed by atoms with Crippen molar-refractivity contribution in [1.82, 2.24) is 0 Å². The predicted octanol–water partition coefficient (Wildman–Crippen LogP) is 0.815. The molecule has 0 aromatic heterocycles. The van der Waals surface area contributed by atoms with Crippen molar-refractivity contribution >= 4 is 0 Å². The monoisotopic (exact) mass is 188 g/mol. The lowest BCUT2D eigenvalue weighted by atomic mass is 9.78. The first-order valence-electron chi connectivity index (χ1n) is 5.03. The van der Waals surface area contributed by atoms with Crippen LogP contribution in [0.4, 0.5) is 0 Å². The Morgan fingerprint density at radius 1 is 1.23 bits per heavy atom. The van der Waals surface area contributed by atoms with E-state index >= 15 is 0 Å². The second-order valence-corrected chi connectivity index (χ2v) is 4.62. The highest BCUT2D eigenvalue weighted by molar-refractivity contribution is 4.89. The van der Waals surface area contributed by atoms with Crippen LogP contribution in [0.1, 0.15) is 45.4 Å². The molecule has 0 saturated heterocycles. The van der Waals surface area contributed by atoms with Crippen LogP contribution in [0, 0.1) is 0 Å². The molecule has 78 valence electrons. The SMILES string of the molecule is CC(O)(CO)CC1(O)CCCCC1. The van der Waals surface area contributed by atoms with Gasteiger partial charge in [0.15, 0.2) is 0 Å². The maximum Gasteiger partial charge on any atom is 0.0876 e. The normalized spacial score (nSPS) is 26.8. The van der Waals surface area contributed by atoms with Crippen molar-refractivity contribution < 1.29 is 15.3 Å². The maximum absolute atomic E-state index is 10.1. The van der Waals surface area contributed by atoms with Gasteiger partial charge in [-0.2, -0.15) is 0 Å². The van der Waals surface area contributed by atoms with Gasteiger partial charge in [-0.15, -0.1) is 0 Å². The van der Waals surface area contributed by atoms with Gasteiger partial charge in [0, 0.05) is 6.42 Å². The standard InChI is InChI=1S/C10H20O3/c1-9(12,8-11)7-10(13)5-3-2-4-6-10/h11-13H,2-8H2,1H3. The van der Waals surface area contributed by atoms with E-state index in [4.69, 9.17) is 5.11 Å². The minimum Gasteiger partial charge on any atom is -0.393 e. The minimum atomic E-state index is -1.13. The van der Waals surface area contributed by atoms with Gasteiger partial charge in [0.25, 0.3) is 0 Å². The Morgan fingerprint density at radius 3 is 2.23 bits per heavy atom. The van der Waals surface area contributed by atoms with Gasteiger partial charge in [-0.25, -0.2) is 0 Å². The van der Waals surface area contributed by atoms with Crippen LogP contribution in [-0.4, -0.2) is 33.1 Å². The fourth-order valence-corrected chi connectivity index (χ4v) is 2.15. The van der Waals surface area contributed by atoms with E-state index in [9.17, 15) is 10.2 Å². The Morgan fingerprint density at radius 2 is 1.77 bits per heavy atom. The van der Waals surface area contributed by atoms with Gasteiger partial charge in [-0.1, -0.05) is 19.3 Å². The molecule has 1 aliphatic carbocycles. The first-order valence-corrected chi connectivity index (χ1v) is 5.03. The molecule has 1 unspecified atom stereocenters. The summed E-state index contributed by atoms with van der Waals surface area (Å²) >= 11 is 0. The first kappa shape index (κ1) is 11.0. The highest BCUT2D eigenvalue weighted by atomic mass is 16.3. The summed E-state index contributed by atoms with van der Waals surface area (Å²) in [4.78, 5) is 0. The summed E-state index contributed by atoms with van der Waals surface area (Å²) in [6.45, 7) is 1.29. The van der Waals surface area contributed by atoms with E-state index in [0.717, 1.165) is 25.7 Å². The Balaban J connectivity index is 2.49. The number of hydrogen-bond acceptors (Lipinski definition) is 3. The summed E-state index contributed by atoms with van der Waals surface area (Å²) in [5.41, 5.74) is -1.88. The minimum absolute atomic E-state index is 0.282. The lowest BCUT2D eigenvalue weighted by Crippen LogP contribution is -2.43. The average Bonchev–Trinajstić information content (AvgIpc) is 2.04. The molecular formula is C10H20O3. The number of hydrogen-bond donors (Lipinski definition) is 3. The number of aliphatic hydroxyl groups excluding tert-OH is 1. The fourth-order valence-electron chi connectivity index (χ4n) is 2.15. The maximum atomic E-state index is 10.1. The van der Waals surface area contributed by atoms with E-state index in [0.29, 0.717) is 0 Å². The number of rotatable bonds is 3. The Bertz CT molecular complexity index is 160. The largest absolute Gasteiger partial charge is 0.393 e. The van der Waals surface area contributed by atoms with Crippen LogP contribution >= 0.6 is 0 Å². The zero-order valence-corrected chi connectivity index (χ0v) is 8.29. The van der Waals surface area contributed by atoms with Crippen LogP contribution in [0.2, 0.25) is 0 Å². The van der Waals surface area contributed by atoms with Crippen LogP contribution in [0.3, 0.4) is 0 Å². The Labute approximate surface area is 79.4 Å². The quantitative estimate of drug-likeness (QED) is 0.614. The first-order chi connectivity index (χ1) is 5.97. The fraction of sp³-hybridized carbons (Fsp3) is 1.00. The van der Waals surface area contributed by atoms with Gasteiger partial charge in [0.2, 0.25) is 0 Å². The van der Waals surface area contributed by atoms with E-state index in [-0.39, 0.29) is 13.0 Å². The van der Waals surface area contributed by atoms with Crippen LogP contribution in [0.5, 0.6) is 0 Å². The third-order valence-electron chi connectivity index (χ3n) is 2.83. The molecule has 1 atom stereocenters. The smallest absolute Gasteiger partial charge is 0.0876 e. The van der Waals surface area contributed by atoms with E-state index in [2.05, 4.69) is 0 Å². The van der Waals surface area contributed by atoms with Gasteiger partial charge in [-0.3, -0.25) is 0 Å². The molecule has 0 heterocycles. The third kappa shape index (κ3) is 3.25. The molecule has 3 N–H and O–H groups in total. The molecule has 0 spiro atoms. The summed E-state index contributed by atoms with van der Waals surface area (Å²) in [7, 11) is 0. The Hall–Kier alpha value is -0.120. The summed E-state index contributed by atoms with van der Waals surface area (Å²) in [5, 5.41) is 28.6. The lowest BCUT2D eigenvalue weighted by Gasteiger charge is -2.37. The van der Waals surface area contributed by atoms with Crippen molar-refractivity contribution in [3.05, 3.63) is 0 Å². The van der Waals surface area contributed by atoms with E-state index in [1.807, 2.05) is 0 Å². The molecule has 1 aliphatic rings. The Kier molecular flexibility index (Phi) is 3.33. The van der Waals surface area contributed by atoms with Crippen molar-refractivity contribution in [1.29, 1.82) is 0 Å². The third-order valence-corrected chi connectivity index (χ3v) is 2.83. The second-order valence-electron chi connectivity index (χ2n) is 4.62. The van der Waals surface area contributed by atoms with Crippen molar-refractivity contribution in [2.24, 2.45) is 0 Å². The molecule has 3 heteroatoms. The highest BCUT2D eigenvalue weighted by Gasteiger charge is 2.36. The van der Waals surface area contributed by atoms with E-state index in [1.54, 1.807) is 6.92 Å². The molecule has 1 fully saturated rings. The van der Waals surface area contributed by atoms with Gasteiger partial charge in [0.1, 0.15) is 0 Å². The molecule has 1 saturated carbocycles. The zero-order chi connectivity index (χ0) is 9.95. The summed E-state index contributed by atoms with van der Waals surface area (Å²) in [5.74, 6) is 0. The van der Waals surface area contributed by atoms with E-state index in [1.165, 1.54) is 6.42 Å². The highest BCUT2D eigenvalue weighted by Crippen LogP contribution is 2.34. The van der Waals surface area contributed by atoms with Gasteiger partial charge in [-0.05, 0) is 19.8 Å². The zero-order valence-electron chi connectivity index (χ0n) is 8.29. The van der Waals surface area contributed by atoms with Gasteiger partial charge >= 0.3 is 0 Å². The molecule has 0 aromatic rings. The van der Waals surface area contributed by atoms with Gasteiger partial charge in [0.05, 0.1) is 17.8 Å². The topological polar surface area (TPSA) is 60.7 Å². The van der Waals surface area contributed by atoms with Gasteiger partial charge < -0.3 is 15.3 Å². The lowest BCUT2D eigenvalue weighted by molar-refractivity contribution is -0.0924. The van der Waals surface area contributed by atoms with Crippen LogP contribution in [0.25, 0.3) is 0 Å². The molecule has 0 aromatic carbocycles. The second kappa shape index (κ2) is 3.95. The van der Waals surface area contributed by atoms with Crippen molar-refractivity contribution in [2.45, 2.75) is 56.7 Å². The molecule has 0 amide bonds. The van der Waals surface area contributed by atoms with Crippen LogP contribution in [-0.2, 0) is 0 Å². The average molecular weight is 188 g/mol. The predicted molar refractivity (Wildman–Crippen MR) is 50.4 cm³/mol. The molecule has 0 aliphatic heterocycles.